The number of nitrogen functional groups attached to an aromatic ring is 1. The minimum atomic E-state index is -0.415. The molecular weight excluding hydrogens is 310 g/mol. The van der Waals surface area contributed by atoms with Crippen LogP contribution in [0.5, 0.6) is 0 Å². The Morgan fingerprint density at radius 2 is 2.12 bits per heavy atom. The Bertz CT molecular complexity index is 564. The third-order valence-electron chi connectivity index (χ3n) is 2.00. The third-order valence-corrected chi connectivity index (χ3v) is 2.86. The molecule has 1 aromatic carbocycles. The maximum Gasteiger partial charge on any atom is 0.154 e. The Morgan fingerprint density at radius 1 is 1.35 bits per heavy atom. The van der Waals surface area contributed by atoms with E-state index in [1.165, 1.54) is 12.4 Å². The molecule has 17 heavy (non-hydrogen) atoms. The highest BCUT2D eigenvalue weighted by atomic mass is 79.9. The van der Waals surface area contributed by atoms with Crippen molar-refractivity contribution in [1.82, 2.24) is 9.97 Å². The molecule has 1 aromatic heterocycles. The van der Waals surface area contributed by atoms with E-state index in [0.29, 0.717) is 0 Å². The zero-order valence-corrected chi connectivity index (χ0v) is 10.8. The molecule has 0 bridgehead atoms. The van der Waals surface area contributed by atoms with Crippen molar-refractivity contribution >= 4 is 44.9 Å². The molecule has 2 rings (SSSR count). The van der Waals surface area contributed by atoms with Gasteiger partial charge < -0.3 is 11.1 Å². The highest BCUT2D eigenvalue weighted by Gasteiger charge is 2.09. The van der Waals surface area contributed by atoms with E-state index in [0.717, 1.165) is 4.47 Å². The van der Waals surface area contributed by atoms with Crippen LogP contribution in [0.2, 0.25) is 5.02 Å². The lowest BCUT2D eigenvalue weighted by Gasteiger charge is -2.09. The van der Waals surface area contributed by atoms with Crippen molar-refractivity contribution < 1.29 is 4.39 Å². The Morgan fingerprint density at radius 3 is 2.88 bits per heavy atom. The van der Waals surface area contributed by atoms with Gasteiger partial charge in [0.2, 0.25) is 0 Å². The first-order valence-electron chi connectivity index (χ1n) is 4.56. The maximum absolute atomic E-state index is 13.5. The normalized spacial score (nSPS) is 10.3. The average Bonchev–Trinajstić information content (AvgIpc) is 2.30. The van der Waals surface area contributed by atoms with Gasteiger partial charge in [0.15, 0.2) is 5.82 Å². The minimum absolute atomic E-state index is 0.138. The van der Waals surface area contributed by atoms with E-state index in [2.05, 4.69) is 31.2 Å². The summed E-state index contributed by atoms with van der Waals surface area (Å²) in [5.41, 5.74) is 5.77. The van der Waals surface area contributed by atoms with Gasteiger partial charge in [0.05, 0.1) is 5.69 Å². The molecule has 0 amide bonds. The average molecular weight is 318 g/mol. The largest absolute Gasteiger partial charge is 0.382 e. The second-order valence-corrected chi connectivity index (χ2v) is 4.46. The number of nitrogens with zero attached hydrogens (tertiary/aromatic N) is 2. The van der Waals surface area contributed by atoms with Crippen molar-refractivity contribution in [2.75, 3.05) is 11.1 Å². The molecule has 0 aliphatic rings. The fraction of sp³-hybridized carbons (Fsp3) is 0. The van der Waals surface area contributed by atoms with Gasteiger partial charge in [-0.3, -0.25) is 0 Å². The number of aromatic nitrogens is 2. The molecule has 0 saturated heterocycles. The molecule has 0 unspecified atom stereocenters. The number of rotatable bonds is 2. The summed E-state index contributed by atoms with van der Waals surface area (Å²) in [6, 6.07) is 4.49. The van der Waals surface area contributed by atoms with E-state index < -0.39 is 5.82 Å². The quantitative estimate of drug-likeness (QED) is 0.891. The van der Waals surface area contributed by atoms with Crippen LogP contribution in [0.4, 0.5) is 21.7 Å². The Hall–Kier alpha value is -1.40. The third kappa shape index (κ3) is 2.65. The van der Waals surface area contributed by atoms with Crippen molar-refractivity contribution in [3.05, 3.63) is 39.8 Å². The highest BCUT2D eigenvalue weighted by Crippen LogP contribution is 2.28. The van der Waals surface area contributed by atoms with Gasteiger partial charge in [-0.2, -0.15) is 0 Å². The van der Waals surface area contributed by atoms with Crippen LogP contribution in [0, 0.1) is 5.82 Å². The van der Waals surface area contributed by atoms with Crippen LogP contribution in [0.3, 0.4) is 0 Å². The standard InChI is InChI=1S/C10H7BrClFN4/c11-5-1-2-6(13)7(3-5)17-10-8(12)9(14)15-4-16-10/h1-4H,(H3,14,15,16,17). The Kier molecular flexibility index (Phi) is 3.44. The number of benzene rings is 1. The summed E-state index contributed by atoms with van der Waals surface area (Å²) < 4.78 is 14.2. The van der Waals surface area contributed by atoms with Crippen LogP contribution >= 0.6 is 27.5 Å². The highest BCUT2D eigenvalue weighted by molar-refractivity contribution is 9.10. The topological polar surface area (TPSA) is 63.8 Å². The van der Waals surface area contributed by atoms with Gasteiger partial charge in [-0.15, -0.1) is 0 Å². The van der Waals surface area contributed by atoms with Crippen LogP contribution in [0.25, 0.3) is 0 Å². The first-order valence-corrected chi connectivity index (χ1v) is 5.73. The van der Waals surface area contributed by atoms with E-state index >= 15 is 0 Å². The van der Waals surface area contributed by atoms with E-state index in [1.54, 1.807) is 12.1 Å². The Balaban J connectivity index is 2.38. The SMILES string of the molecule is Nc1ncnc(Nc2cc(Br)ccc2F)c1Cl. The molecule has 0 fully saturated rings. The van der Waals surface area contributed by atoms with Crippen LogP contribution in [-0.4, -0.2) is 9.97 Å². The first-order chi connectivity index (χ1) is 8.08. The molecule has 0 atom stereocenters. The van der Waals surface area contributed by atoms with Crippen molar-refractivity contribution in [2.45, 2.75) is 0 Å². The van der Waals surface area contributed by atoms with Gasteiger partial charge in [0.25, 0.3) is 0 Å². The van der Waals surface area contributed by atoms with Crippen molar-refractivity contribution in [2.24, 2.45) is 0 Å². The summed E-state index contributed by atoms with van der Waals surface area (Å²) in [7, 11) is 0. The summed E-state index contributed by atoms with van der Waals surface area (Å²) in [6.07, 6.45) is 1.25. The van der Waals surface area contributed by atoms with Crippen LogP contribution in [0.1, 0.15) is 0 Å². The lowest BCUT2D eigenvalue weighted by molar-refractivity contribution is 0.631. The predicted octanol–water partition coefficient (Wildman–Crippen LogP) is 3.36. The zero-order chi connectivity index (χ0) is 12.4. The lowest BCUT2D eigenvalue weighted by atomic mass is 10.3. The molecule has 2 aromatic rings. The van der Waals surface area contributed by atoms with Gasteiger partial charge >= 0.3 is 0 Å². The second kappa shape index (κ2) is 4.85. The van der Waals surface area contributed by atoms with Crippen molar-refractivity contribution in [3.63, 3.8) is 0 Å². The summed E-state index contributed by atoms with van der Waals surface area (Å²) in [4.78, 5) is 7.60. The first kappa shape index (κ1) is 12.1. The fourth-order valence-corrected chi connectivity index (χ4v) is 1.70. The summed E-state index contributed by atoms with van der Waals surface area (Å²) in [6.45, 7) is 0. The minimum Gasteiger partial charge on any atom is -0.382 e. The van der Waals surface area contributed by atoms with E-state index in [9.17, 15) is 4.39 Å². The maximum atomic E-state index is 13.5. The molecule has 0 spiro atoms. The van der Waals surface area contributed by atoms with Crippen LogP contribution < -0.4 is 11.1 Å². The smallest absolute Gasteiger partial charge is 0.154 e. The molecule has 4 nitrogen and oxygen atoms in total. The number of hydrogen-bond donors (Lipinski definition) is 2. The molecule has 0 aliphatic heterocycles. The lowest BCUT2D eigenvalue weighted by Crippen LogP contribution is -2.01. The van der Waals surface area contributed by atoms with Crippen molar-refractivity contribution in [3.8, 4) is 0 Å². The number of nitrogens with two attached hydrogens (primary N) is 1. The van der Waals surface area contributed by atoms with Gasteiger partial charge in [0.1, 0.15) is 23.0 Å². The van der Waals surface area contributed by atoms with Crippen LogP contribution in [-0.2, 0) is 0 Å². The molecule has 88 valence electrons. The van der Waals surface area contributed by atoms with Crippen LogP contribution in [0.15, 0.2) is 29.0 Å². The zero-order valence-electron chi connectivity index (χ0n) is 8.42. The molecule has 1 heterocycles. The monoisotopic (exact) mass is 316 g/mol. The van der Waals surface area contributed by atoms with E-state index in [-0.39, 0.29) is 22.3 Å². The summed E-state index contributed by atoms with van der Waals surface area (Å²) in [5.74, 6) is -0.0165. The second-order valence-electron chi connectivity index (χ2n) is 3.17. The molecule has 0 saturated carbocycles. The van der Waals surface area contributed by atoms with Gasteiger partial charge in [-0.25, -0.2) is 14.4 Å². The molecule has 3 N–H and O–H groups in total. The fourth-order valence-electron chi connectivity index (χ4n) is 1.19. The van der Waals surface area contributed by atoms with E-state index in [1.807, 2.05) is 0 Å². The number of nitrogens with one attached hydrogen (secondary N) is 1. The number of halogens is 3. The number of hydrogen-bond acceptors (Lipinski definition) is 4. The van der Waals surface area contributed by atoms with E-state index in [4.69, 9.17) is 17.3 Å². The predicted molar refractivity (Wildman–Crippen MR) is 68.8 cm³/mol. The van der Waals surface area contributed by atoms with Gasteiger partial charge in [-0.1, -0.05) is 27.5 Å². The van der Waals surface area contributed by atoms with Gasteiger partial charge in [0, 0.05) is 4.47 Å². The molecule has 0 radical (unpaired) electrons. The summed E-state index contributed by atoms with van der Waals surface area (Å²) >= 11 is 9.13. The van der Waals surface area contributed by atoms with Gasteiger partial charge in [-0.05, 0) is 18.2 Å². The molecule has 0 aliphatic carbocycles. The molecular formula is C10H7BrClFN4. The number of anilines is 3. The Labute approximate surface area is 110 Å². The van der Waals surface area contributed by atoms with Crippen molar-refractivity contribution in [1.29, 1.82) is 0 Å². The molecule has 7 heteroatoms. The summed E-state index contributed by atoms with van der Waals surface area (Å²) in [5, 5.41) is 2.91.